The second-order valence-corrected chi connectivity index (χ2v) is 5.09. The highest BCUT2D eigenvalue weighted by molar-refractivity contribution is 5.44. The Bertz CT molecular complexity index is 637. The Kier molecular flexibility index (Phi) is 4.63. The molecular formula is C16H22FN3O. The molecule has 2 rings (SSSR count). The molecule has 1 heterocycles. The van der Waals surface area contributed by atoms with E-state index in [0.29, 0.717) is 5.75 Å². The van der Waals surface area contributed by atoms with Gasteiger partial charge < -0.3 is 10.1 Å². The molecule has 2 aromatic rings. The van der Waals surface area contributed by atoms with Crippen LogP contribution in [0.2, 0.25) is 0 Å². The molecule has 0 fully saturated rings. The van der Waals surface area contributed by atoms with E-state index >= 15 is 0 Å². The molecule has 0 radical (unpaired) electrons. The maximum Gasteiger partial charge on any atom is 0.124 e. The van der Waals surface area contributed by atoms with E-state index in [0.717, 1.165) is 29.1 Å². The van der Waals surface area contributed by atoms with E-state index in [9.17, 15) is 4.39 Å². The summed E-state index contributed by atoms with van der Waals surface area (Å²) >= 11 is 0. The smallest absolute Gasteiger partial charge is 0.124 e. The first-order valence-corrected chi connectivity index (χ1v) is 7.06. The van der Waals surface area contributed by atoms with Gasteiger partial charge in [0, 0.05) is 23.9 Å². The van der Waals surface area contributed by atoms with Gasteiger partial charge in [0.1, 0.15) is 11.6 Å². The minimum absolute atomic E-state index is 0.144. The zero-order chi connectivity index (χ0) is 15.6. The molecule has 1 aromatic heterocycles. The second-order valence-electron chi connectivity index (χ2n) is 5.09. The van der Waals surface area contributed by atoms with Crippen LogP contribution in [-0.2, 0) is 7.05 Å². The van der Waals surface area contributed by atoms with Gasteiger partial charge in [-0.1, -0.05) is 6.92 Å². The summed E-state index contributed by atoms with van der Waals surface area (Å²) in [6.45, 7) is 6.78. The van der Waals surface area contributed by atoms with E-state index in [2.05, 4.69) is 10.4 Å². The fourth-order valence-electron chi connectivity index (χ4n) is 2.71. The first kappa shape index (κ1) is 15.5. The predicted octanol–water partition coefficient (Wildman–Crippen LogP) is 2.88. The maximum absolute atomic E-state index is 13.7. The standard InChI is InChI=1S/C16H22FN3O/c1-6-18-16(15-10(2)19-20(4)11(15)3)13-9-12(17)7-8-14(13)21-5/h7-9,16,18H,6H2,1-5H3. The predicted molar refractivity (Wildman–Crippen MR) is 81.2 cm³/mol. The minimum Gasteiger partial charge on any atom is -0.496 e. The van der Waals surface area contributed by atoms with E-state index in [1.807, 2.05) is 32.5 Å². The van der Waals surface area contributed by atoms with Crippen LogP contribution in [0.3, 0.4) is 0 Å². The van der Waals surface area contributed by atoms with Gasteiger partial charge in [0.05, 0.1) is 18.8 Å². The molecule has 0 aliphatic carbocycles. The molecule has 1 unspecified atom stereocenters. The van der Waals surface area contributed by atoms with Crippen molar-refractivity contribution in [2.45, 2.75) is 26.8 Å². The van der Waals surface area contributed by atoms with Gasteiger partial charge in [0.15, 0.2) is 0 Å². The Balaban J connectivity index is 2.61. The number of nitrogens with zero attached hydrogens (tertiary/aromatic N) is 2. The van der Waals surface area contributed by atoms with Crippen LogP contribution in [0.5, 0.6) is 5.75 Å². The molecule has 0 saturated carbocycles. The van der Waals surface area contributed by atoms with Gasteiger partial charge in [-0.3, -0.25) is 4.68 Å². The summed E-state index contributed by atoms with van der Waals surface area (Å²) in [5.74, 6) is 0.401. The van der Waals surface area contributed by atoms with Crippen LogP contribution in [-0.4, -0.2) is 23.4 Å². The number of ether oxygens (including phenoxy) is 1. The van der Waals surface area contributed by atoms with Crippen LogP contribution in [0.25, 0.3) is 0 Å². The lowest BCUT2D eigenvalue weighted by Gasteiger charge is -2.21. The van der Waals surface area contributed by atoms with Gasteiger partial charge >= 0.3 is 0 Å². The van der Waals surface area contributed by atoms with Gasteiger partial charge in [-0.05, 0) is 38.6 Å². The number of hydrogen-bond acceptors (Lipinski definition) is 3. The highest BCUT2D eigenvalue weighted by Crippen LogP contribution is 2.33. The van der Waals surface area contributed by atoms with Crippen molar-refractivity contribution in [1.82, 2.24) is 15.1 Å². The number of benzene rings is 1. The van der Waals surface area contributed by atoms with Crippen LogP contribution in [0.15, 0.2) is 18.2 Å². The number of halogens is 1. The number of methoxy groups -OCH3 is 1. The summed E-state index contributed by atoms with van der Waals surface area (Å²) in [4.78, 5) is 0. The molecule has 0 bridgehead atoms. The van der Waals surface area contributed by atoms with Crippen molar-refractivity contribution < 1.29 is 9.13 Å². The summed E-state index contributed by atoms with van der Waals surface area (Å²) in [7, 11) is 3.51. The number of nitrogens with one attached hydrogen (secondary N) is 1. The lowest BCUT2D eigenvalue weighted by molar-refractivity contribution is 0.402. The Labute approximate surface area is 124 Å². The fraction of sp³-hybridized carbons (Fsp3) is 0.438. The van der Waals surface area contributed by atoms with Crippen LogP contribution in [0.1, 0.15) is 35.5 Å². The number of hydrogen-bond donors (Lipinski definition) is 1. The molecule has 21 heavy (non-hydrogen) atoms. The van der Waals surface area contributed by atoms with Crippen molar-refractivity contribution in [2.75, 3.05) is 13.7 Å². The van der Waals surface area contributed by atoms with E-state index in [1.54, 1.807) is 13.2 Å². The van der Waals surface area contributed by atoms with Crippen molar-refractivity contribution >= 4 is 0 Å². The monoisotopic (exact) mass is 291 g/mol. The summed E-state index contributed by atoms with van der Waals surface area (Å²) in [5.41, 5.74) is 3.86. The largest absolute Gasteiger partial charge is 0.496 e. The summed E-state index contributed by atoms with van der Waals surface area (Å²) in [6, 6.07) is 4.46. The first-order valence-electron chi connectivity index (χ1n) is 7.06. The van der Waals surface area contributed by atoms with Crippen LogP contribution in [0.4, 0.5) is 4.39 Å². The topological polar surface area (TPSA) is 39.1 Å². The van der Waals surface area contributed by atoms with Gasteiger partial charge in [-0.25, -0.2) is 4.39 Å². The first-order chi connectivity index (χ1) is 9.99. The van der Waals surface area contributed by atoms with E-state index in [4.69, 9.17) is 4.74 Å². The van der Waals surface area contributed by atoms with Crippen LogP contribution < -0.4 is 10.1 Å². The molecule has 0 amide bonds. The van der Waals surface area contributed by atoms with E-state index in [-0.39, 0.29) is 11.9 Å². The second kappa shape index (κ2) is 6.26. The quantitative estimate of drug-likeness (QED) is 0.920. The molecule has 0 aliphatic rings. The zero-order valence-corrected chi connectivity index (χ0v) is 13.2. The van der Waals surface area contributed by atoms with Crippen molar-refractivity contribution in [3.05, 3.63) is 46.5 Å². The Morgan fingerprint density at radius 1 is 1.38 bits per heavy atom. The summed E-state index contributed by atoms with van der Waals surface area (Å²) in [5, 5.41) is 7.87. The van der Waals surface area contributed by atoms with Gasteiger partial charge in [-0.15, -0.1) is 0 Å². The molecule has 5 heteroatoms. The molecule has 1 atom stereocenters. The highest BCUT2D eigenvalue weighted by Gasteiger charge is 2.24. The molecule has 4 nitrogen and oxygen atoms in total. The van der Waals surface area contributed by atoms with Crippen LogP contribution in [0, 0.1) is 19.7 Å². The van der Waals surface area contributed by atoms with Gasteiger partial charge in [0.2, 0.25) is 0 Å². The third kappa shape index (κ3) is 2.93. The molecule has 0 spiro atoms. The Hall–Kier alpha value is -1.88. The third-order valence-corrected chi connectivity index (χ3v) is 3.76. The molecule has 1 aromatic carbocycles. The zero-order valence-electron chi connectivity index (χ0n) is 13.2. The lowest BCUT2D eigenvalue weighted by atomic mass is 9.96. The van der Waals surface area contributed by atoms with Crippen LogP contribution >= 0.6 is 0 Å². The summed E-state index contributed by atoms with van der Waals surface area (Å²) in [6.07, 6.45) is 0. The van der Waals surface area contributed by atoms with Crippen molar-refractivity contribution in [1.29, 1.82) is 0 Å². The number of rotatable bonds is 5. The van der Waals surface area contributed by atoms with E-state index < -0.39 is 0 Å². The average molecular weight is 291 g/mol. The Morgan fingerprint density at radius 2 is 2.10 bits per heavy atom. The minimum atomic E-state index is -0.270. The molecule has 0 aliphatic heterocycles. The summed E-state index contributed by atoms with van der Waals surface area (Å²) < 4.78 is 21.0. The molecule has 114 valence electrons. The molecule has 0 saturated heterocycles. The molecular weight excluding hydrogens is 269 g/mol. The number of aromatic nitrogens is 2. The fourth-order valence-corrected chi connectivity index (χ4v) is 2.71. The lowest BCUT2D eigenvalue weighted by Crippen LogP contribution is -2.24. The average Bonchev–Trinajstić information content (AvgIpc) is 2.70. The highest BCUT2D eigenvalue weighted by atomic mass is 19.1. The Morgan fingerprint density at radius 3 is 2.62 bits per heavy atom. The van der Waals surface area contributed by atoms with Gasteiger partial charge in [0.25, 0.3) is 0 Å². The van der Waals surface area contributed by atoms with Crippen molar-refractivity contribution in [2.24, 2.45) is 7.05 Å². The van der Waals surface area contributed by atoms with Gasteiger partial charge in [-0.2, -0.15) is 5.10 Å². The van der Waals surface area contributed by atoms with E-state index in [1.165, 1.54) is 12.1 Å². The maximum atomic E-state index is 13.7. The molecule has 1 N–H and O–H groups in total. The number of aryl methyl sites for hydroxylation is 2. The SMILES string of the molecule is CCNC(c1cc(F)ccc1OC)c1c(C)nn(C)c1C. The van der Waals surface area contributed by atoms with Crippen molar-refractivity contribution in [3.63, 3.8) is 0 Å². The van der Waals surface area contributed by atoms with Crippen molar-refractivity contribution in [3.8, 4) is 5.75 Å². The third-order valence-electron chi connectivity index (χ3n) is 3.76. The normalized spacial score (nSPS) is 12.5.